The third-order valence-corrected chi connectivity index (χ3v) is 8.55. The molecule has 1 amide bonds. The first-order valence-electron chi connectivity index (χ1n) is 15.6. The van der Waals surface area contributed by atoms with Crippen LogP contribution >= 0.6 is 13.5 Å². The number of halogens is 5. The third-order valence-electron chi connectivity index (χ3n) is 8.55. The number of carboxylic acid groups (broad SMARTS) is 1. The minimum Gasteiger partial charge on any atom is -0.481 e. The lowest BCUT2D eigenvalue weighted by molar-refractivity contribution is -0.139. The monoisotopic (exact) mass is 706 g/mol. The van der Waals surface area contributed by atoms with Gasteiger partial charge < -0.3 is 19.9 Å². The fourth-order valence-corrected chi connectivity index (χ4v) is 5.93. The molecule has 1 saturated heterocycles. The van der Waals surface area contributed by atoms with Crippen LogP contribution in [0, 0.1) is 42.7 Å². The number of rotatable bonds is 12. The summed E-state index contributed by atoms with van der Waals surface area (Å²) >= 11 is 0. The second-order valence-electron chi connectivity index (χ2n) is 12.7. The average Bonchev–Trinajstić information content (AvgIpc) is 2.96. The average molecular weight is 707 g/mol. The predicted molar refractivity (Wildman–Crippen MR) is 178 cm³/mol. The SMILES string of the molecule is Cc1cc(F)c(C#N)cc1-c1cc(C)c(F)c([C@H](CC(=O)O)NC(=O)C(CC(C)C)n2cc(CCN3CCC3)c(C(F)(F)F)cc2=O)c1.S. The molecule has 3 aromatic rings. The van der Waals surface area contributed by atoms with Gasteiger partial charge in [-0.15, -0.1) is 0 Å². The predicted octanol–water partition coefficient (Wildman–Crippen LogP) is 6.58. The Morgan fingerprint density at radius 3 is 2.29 bits per heavy atom. The van der Waals surface area contributed by atoms with Crippen molar-refractivity contribution in [1.29, 1.82) is 5.26 Å². The highest BCUT2D eigenvalue weighted by molar-refractivity contribution is 7.59. The maximum atomic E-state index is 15.7. The van der Waals surface area contributed by atoms with Crippen molar-refractivity contribution in [3.63, 3.8) is 0 Å². The van der Waals surface area contributed by atoms with Crippen LogP contribution in [0.4, 0.5) is 22.0 Å². The molecular formula is C35H39F5N4O4S. The van der Waals surface area contributed by atoms with Crippen molar-refractivity contribution in [2.24, 2.45) is 5.92 Å². The summed E-state index contributed by atoms with van der Waals surface area (Å²) in [5.41, 5.74) is -1.53. The smallest absolute Gasteiger partial charge is 0.416 e. The Kier molecular flexibility index (Phi) is 12.8. The first-order chi connectivity index (χ1) is 22.5. The summed E-state index contributed by atoms with van der Waals surface area (Å²) in [6, 6.07) is 4.63. The molecule has 2 N–H and O–H groups in total. The number of hydrogen-bond donors (Lipinski definition) is 2. The van der Waals surface area contributed by atoms with E-state index in [1.807, 2.05) is 4.90 Å². The molecule has 49 heavy (non-hydrogen) atoms. The van der Waals surface area contributed by atoms with Gasteiger partial charge in [0.05, 0.1) is 23.6 Å². The zero-order valence-corrected chi connectivity index (χ0v) is 28.5. The number of pyridine rings is 1. The molecular weight excluding hydrogens is 667 g/mol. The van der Waals surface area contributed by atoms with Crippen LogP contribution in [0.3, 0.4) is 0 Å². The van der Waals surface area contributed by atoms with Crippen LogP contribution in [0.1, 0.15) is 78.6 Å². The topological polar surface area (TPSA) is 115 Å². The number of carbonyl (C=O) groups excluding carboxylic acids is 1. The van der Waals surface area contributed by atoms with Crippen LogP contribution in [0.5, 0.6) is 0 Å². The van der Waals surface area contributed by atoms with Gasteiger partial charge in [0.2, 0.25) is 5.91 Å². The minimum atomic E-state index is -4.80. The van der Waals surface area contributed by atoms with Crippen LogP contribution in [0.25, 0.3) is 11.1 Å². The number of amides is 1. The van der Waals surface area contributed by atoms with E-state index in [9.17, 15) is 42.3 Å². The number of aromatic nitrogens is 1. The number of aryl methyl sites for hydroxylation is 2. The molecule has 0 saturated carbocycles. The van der Waals surface area contributed by atoms with Crippen LogP contribution in [-0.2, 0) is 22.2 Å². The molecule has 0 aliphatic carbocycles. The zero-order chi connectivity index (χ0) is 35.5. The van der Waals surface area contributed by atoms with E-state index in [-0.39, 0.29) is 54.5 Å². The number of nitriles is 1. The Balaban J connectivity index is 0.00000650. The Bertz CT molecular complexity index is 1820. The molecule has 1 fully saturated rings. The molecule has 264 valence electrons. The molecule has 2 aromatic carbocycles. The van der Waals surface area contributed by atoms with Gasteiger partial charge in [-0.25, -0.2) is 8.78 Å². The third kappa shape index (κ3) is 9.27. The van der Waals surface area contributed by atoms with E-state index in [1.165, 1.54) is 25.1 Å². The highest BCUT2D eigenvalue weighted by Crippen LogP contribution is 2.34. The second-order valence-corrected chi connectivity index (χ2v) is 12.7. The molecule has 2 atom stereocenters. The number of carboxylic acids is 1. The first-order valence-corrected chi connectivity index (χ1v) is 15.6. The summed E-state index contributed by atoms with van der Waals surface area (Å²) in [6.07, 6.45) is -3.58. The molecule has 1 aromatic heterocycles. The van der Waals surface area contributed by atoms with E-state index in [1.54, 1.807) is 26.8 Å². The number of carbonyl (C=O) groups is 2. The van der Waals surface area contributed by atoms with Gasteiger partial charge in [0.1, 0.15) is 23.7 Å². The van der Waals surface area contributed by atoms with Gasteiger partial charge in [-0.1, -0.05) is 13.8 Å². The summed E-state index contributed by atoms with van der Waals surface area (Å²) in [7, 11) is 0. The lowest BCUT2D eigenvalue weighted by atomic mass is 9.91. The number of benzene rings is 2. The molecule has 2 heterocycles. The highest BCUT2D eigenvalue weighted by Gasteiger charge is 2.36. The largest absolute Gasteiger partial charge is 0.481 e. The molecule has 0 radical (unpaired) electrons. The van der Waals surface area contributed by atoms with Crippen LogP contribution < -0.4 is 10.9 Å². The van der Waals surface area contributed by atoms with Gasteiger partial charge in [-0.2, -0.15) is 31.9 Å². The Labute approximate surface area is 288 Å². The van der Waals surface area contributed by atoms with Crippen molar-refractivity contribution in [1.82, 2.24) is 14.8 Å². The maximum Gasteiger partial charge on any atom is 0.416 e. The van der Waals surface area contributed by atoms with Gasteiger partial charge in [-0.3, -0.25) is 14.4 Å². The molecule has 1 aliphatic heterocycles. The van der Waals surface area contributed by atoms with E-state index >= 15 is 4.39 Å². The number of likely N-dealkylation sites (tertiary alicyclic amines) is 1. The van der Waals surface area contributed by atoms with Crippen molar-refractivity contribution in [3.05, 3.63) is 91.9 Å². The van der Waals surface area contributed by atoms with Crippen molar-refractivity contribution in [3.8, 4) is 17.2 Å². The molecule has 1 unspecified atom stereocenters. The standard InChI is InChI=1S/C35H37F5N4O4.H2S/c1-19(2)10-30(44-18-22(6-9-43-7-5-8-43)27(15-31(44)45)35(38,39)40)34(48)42-29(16-32(46)47)26-13-23(11-21(4)33(26)37)25-14-24(17-41)28(36)12-20(25)3;/h11-15,18-19,29-30H,5-10,16H2,1-4H3,(H,42,48)(H,46,47);1H2/t29-,30?;/m0./s1. The fourth-order valence-electron chi connectivity index (χ4n) is 5.93. The summed E-state index contributed by atoms with van der Waals surface area (Å²) in [4.78, 5) is 41.1. The van der Waals surface area contributed by atoms with Crippen LogP contribution in [0.2, 0.25) is 0 Å². The van der Waals surface area contributed by atoms with Crippen molar-refractivity contribution in [2.75, 3.05) is 19.6 Å². The Hall–Kier alpha value is -4.22. The summed E-state index contributed by atoms with van der Waals surface area (Å²) < 4.78 is 72.8. The molecule has 8 nitrogen and oxygen atoms in total. The summed E-state index contributed by atoms with van der Waals surface area (Å²) in [5, 5.41) is 21.7. The lowest BCUT2D eigenvalue weighted by Crippen LogP contribution is -2.41. The van der Waals surface area contributed by atoms with Crippen molar-refractivity contribution < 1.29 is 36.6 Å². The molecule has 1 aliphatic rings. The minimum absolute atomic E-state index is 0. The van der Waals surface area contributed by atoms with Gasteiger partial charge in [0.25, 0.3) is 5.56 Å². The summed E-state index contributed by atoms with van der Waals surface area (Å²) in [6.45, 7) is 8.36. The van der Waals surface area contributed by atoms with Crippen molar-refractivity contribution in [2.45, 2.75) is 71.6 Å². The van der Waals surface area contributed by atoms with Crippen LogP contribution in [-0.4, -0.2) is 46.1 Å². The number of nitrogens with one attached hydrogen (secondary N) is 1. The number of hydrogen-bond acceptors (Lipinski definition) is 5. The van der Waals surface area contributed by atoms with E-state index in [0.717, 1.165) is 36.3 Å². The van der Waals surface area contributed by atoms with E-state index in [0.29, 0.717) is 29.3 Å². The zero-order valence-electron chi connectivity index (χ0n) is 27.5. The summed E-state index contributed by atoms with van der Waals surface area (Å²) in [5.74, 6) is -4.04. The molecule has 4 rings (SSSR count). The molecule has 0 spiro atoms. The molecule has 14 heteroatoms. The van der Waals surface area contributed by atoms with E-state index in [4.69, 9.17) is 0 Å². The van der Waals surface area contributed by atoms with Crippen molar-refractivity contribution >= 4 is 25.4 Å². The van der Waals surface area contributed by atoms with E-state index in [2.05, 4.69) is 5.32 Å². The quantitative estimate of drug-likeness (QED) is 0.206. The van der Waals surface area contributed by atoms with Gasteiger partial charge in [0.15, 0.2) is 0 Å². The number of aliphatic carboxylic acids is 1. The van der Waals surface area contributed by atoms with Gasteiger partial charge >= 0.3 is 12.1 Å². The normalized spacial score (nSPS) is 14.4. The first kappa shape index (κ1) is 39.2. The Morgan fingerprint density at radius 2 is 1.73 bits per heavy atom. The van der Waals surface area contributed by atoms with Gasteiger partial charge in [0, 0.05) is 24.4 Å². The maximum absolute atomic E-state index is 15.7. The Morgan fingerprint density at radius 1 is 1.06 bits per heavy atom. The van der Waals surface area contributed by atoms with Gasteiger partial charge in [-0.05, 0) is 104 Å². The second kappa shape index (κ2) is 16.0. The lowest BCUT2D eigenvalue weighted by Gasteiger charge is -2.31. The number of alkyl halides is 3. The molecule has 0 bridgehead atoms. The van der Waals surface area contributed by atoms with E-state index < -0.39 is 59.3 Å². The fraction of sp³-hybridized carbons (Fsp3) is 0.429. The highest BCUT2D eigenvalue weighted by atomic mass is 32.1. The van der Waals surface area contributed by atoms with Crippen LogP contribution in [0.15, 0.2) is 41.3 Å². The number of nitrogens with zero attached hydrogens (tertiary/aromatic N) is 3.